The van der Waals surface area contributed by atoms with Crippen molar-refractivity contribution in [2.75, 3.05) is 0 Å². The number of carbonyl (C=O) groups is 2. The summed E-state index contributed by atoms with van der Waals surface area (Å²) in [5.74, 6) is -0.777. The number of fused-ring (bicyclic) bond motifs is 1. The first-order valence-corrected chi connectivity index (χ1v) is 5.31. The van der Waals surface area contributed by atoms with Gasteiger partial charge in [-0.2, -0.15) is 0 Å². The molecule has 0 radical (unpaired) electrons. The number of carboxylic acids is 1. The van der Waals surface area contributed by atoms with E-state index in [1.54, 1.807) is 0 Å². The first-order valence-electron chi connectivity index (χ1n) is 5.31. The van der Waals surface area contributed by atoms with Crippen LogP contribution in [0.4, 0.5) is 0 Å². The van der Waals surface area contributed by atoms with E-state index in [9.17, 15) is 9.59 Å². The van der Waals surface area contributed by atoms with Gasteiger partial charge in [0, 0.05) is 5.92 Å². The van der Waals surface area contributed by atoms with Crippen LogP contribution in [0.5, 0.6) is 0 Å². The monoisotopic (exact) mass is 206 g/mol. The van der Waals surface area contributed by atoms with Gasteiger partial charge in [0.15, 0.2) is 5.78 Å². The van der Waals surface area contributed by atoms with Crippen molar-refractivity contribution < 1.29 is 14.7 Å². The smallest absolute Gasteiger partial charge is 0.304 e. The minimum absolute atomic E-state index is 0.0212. The topological polar surface area (TPSA) is 54.4 Å². The molecular weight excluding hydrogens is 192 g/mol. The maximum absolute atomic E-state index is 11.9. The molecule has 2 aliphatic carbocycles. The van der Waals surface area contributed by atoms with E-state index in [2.05, 4.69) is 6.08 Å². The molecule has 2 aliphatic rings. The molecule has 3 heteroatoms. The van der Waals surface area contributed by atoms with E-state index in [4.69, 9.17) is 5.11 Å². The Hall–Kier alpha value is -1.38. The maximum atomic E-state index is 11.9. The summed E-state index contributed by atoms with van der Waals surface area (Å²) < 4.78 is 0. The molecule has 1 saturated carbocycles. The normalized spacial score (nSPS) is 29.6. The van der Waals surface area contributed by atoms with Gasteiger partial charge in [-0.25, -0.2) is 0 Å². The number of Topliss-reactive ketones (excluding diaryl/α,β-unsaturated/α-hetero) is 1. The Morgan fingerprint density at radius 1 is 1.47 bits per heavy atom. The minimum atomic E-state index is -0.876. The predicted octanol–water partition coefficient (Wildman–Crippen LogP) is 1.94. The fraction of sp³-hybridized carbons (Fsp3) is 0.500. The highest BCUT2D eigenvalue weighted by molar-refractivity contribution is 6.00. The first-order chi connectivity index (χ1) is 7.18. The number of aliphatic carboxylic acids is 1. The molecule has 1 N–H and O–H groups in total. The van der Waals surface area contributed by atoms with Crippen molar-refractivity contribution in [1.29, 1.82) is 0 Å². The molecule has 0 aliphatic heterocycles. The fourth-order valence-electron chi connectivity index (χ4n) is 2.41. The molecule has 1 fully saturated rings. The highest BCUT2D eigenvalue weighted by Gasteiger charge is 2.34. The number of carboxylic acid groups (broad SMARTS) is 1. The van der Waals surface area contributed by atoms with Crippen molar-refractivity contribution in [1.82, 2.24) is 0 Å². The van der Waals surface area contributed by atoms with Crippen LogP contribution in [0, 0.1) is 11.8 Å². The molecule has 3 nitrogen and oxygen atoms in total. The Morgan fingerprint density at radius 2 is 2.27 bits per heavy atom. The van der Waals surface area contributed by atoms with Crippen molar-refractivity contribution in [3.63, 3.8) is 0 Å². The van der Waals surface area contributed by atoms with E-state index in [-0.39, 0.29) is 18.1 Å². The number of allylic oxidation sites excluding steroid dienone is 4. The molecule has 2 unspecified atom stereocenters. The van der Waals surface area contributed by atoms with Gasteiger partial charge in [-0.1, -0.05) is 18.2 Å². The van der Waals surface area contributed by atoms with Gasteiger partial charge in [-0.15, -0.1) is 0 Å². The third kappa shape index (κ3) is 2.01. The second-order valence-corrected chi connectivity index (χ2v) is 4.22. The van der Waals surface area contributed by atoms with Crippen LogP contribution in [0.1, 0.15) is 25.7 Å². The Kier molecular flexibility index (Phi) is 2.71. The lowest BCUT2D eigenvalue weighted by atomic mass is 9.73. The van der Waals surface area contributed by atoms with E-state index in [0.29, 0.717) is 5.92 Å². The summed E-state index contributed by atoms with van der Waals surface area (Å²) in [5.41, 5.74) is 0.843. The summed E-state index contributed by atoms with van der Waals surface area (Å²) in [6.07, 6.45) is 8.39. The van der Waals surface area contributed by atoms with Gasteiger partial charge in [0.2, 0.25) is 0 Å². The fourth-order valence-corrected chi connectivity index (χ4v) is 2.41. The second kappa shape index (κ2) is 4.01. The number of rotatable bonds is 2. The zero-order valence-electron chi connectivity index (χ0n) is 8.48. The lowest BCUT2D eigenvalue weighted by Crippen LogP contribution is -2.30. The molecule has 0 heterocycles. The molecule has 0 bridgehead atoms. The van der Waals surface area contributed by atoms with E-state index in [1.807, 2.05) is 12.2 Å². The lowest BCUT2D eigenvalue weighted by Gasteiger charge is -2.30. The zero-order chi connectivity index (χ0) is 10.8. The summed E-state index contributed by atoms with van der Waals surface area (Å²) in [7, 11) is 0. The molecule has 2 atom stereocenters. The molecule has 0 amide bonds. The van der Waals surface area contributed by atoms with Gasteiger partial charge in [0.25, 0.3) is 0 Å². The maximum Gasteiger partial charge on any atom is 0.304 e. The molecule has 0 spiro atoms. The van der Waals surface area contributed by atoms with Crippen LogP contribution >= 0.6 is 0 Å². The standard InChI is InChI=1S/C12H14O3/c13-11(14)7-9-6-5-8-3-1-2-4-10(8)12(9)15/h1-2,4,8-9H,3,5-7H2,(H,13,14). The zero-order valence-corrected chi connectivity index (χ0v) is 8.48. The Labute approximate surface area is 88.5 Å². The van der Waals surface area contributed by atoms with Crippen molar-refractivity contribution in [3.8, 4) is 0 Å². The number of hydrogen-bond acceptors (Lipinski definition) is 2. The van der Waals surface area contributed by atoms with Crippen LogP contribution in [0.3, 0.4) is 0 Å². The number of ketones is 1. The van der Waals surface area contributed by atoms with E-state index in [1.165, 1.54) is 0 Å². The lowest BCUT2D eigenvalue weighted by molar-refractivity contribution is -0.140. The Balaban J connectivity index is 2.14. The second-order valence-electron chi connectivity index (χ2n) is 4.22. The van der Waals surface area contributed by atoms with E-state index >= 15 is 0 Å². The third-order valence-electron chi connectivity index (χ3n) is 3.21. The van der Waals surface area contributed by atoms with Gasteiger partial charge in [0.05, 0.1) is 6.42 Å². The summed E-state index contributed by atoms with van der Waals surface area (Å²) >= 11 is 0. The van der Waals surface area contributed by atoms with Crippen LogP contribution < -0.4 is 0 Å². The van der Waals surface area contributed by atoms with E-state index in [0.717, 1.165) is 24.8 Å². The molecule has 0 saturated heterocycles. The van der Waals surface area contributed by atoms with Gasteiger partial charge >= 0.3 is 5.97 Å². The van der Waals surface area contributed by atoms with E-state index < -0.39 is 5.97 Å². The van der Waals surface area contributed by atoms with Crippen LogP contribution in [-0.4, -0.2) is 16.9 Å². The first kappa shape index (κ1) is 10.1. The average Bonchev–Trinajstić information content (AvgIpc) is 2.22. The summed E-state index contributed by atoms with van der Waals surface area (Å²) in [6, 6.07) is 0. The Morgan fingerprint density at radius 3 is 3.00 bits per heavy atom. The van der Waals surface area contributed by atoms with Gasteiger partial charge in [-0.05, 0) is 30.8 Å². The van der Waals surface area contributed by atoms with Crippen molar-refractivity contribution in [2.24, 2.45) is 11.8 Å². The van der Waals surface area contributed by atoms with Crippen LogP contribution in [0.15, 0.2) is 23.8 Å². The van der Waals surface area contributed by atoms with Gasteiger partial charge in [0.1, 0.15) is 0 Å². The number of carbonyl (C=O) groups excluding carboxylic acids is 1. The van der Waals surface area contributed by atoms with Crippen LogP contribution in [-0.2, 0) is 9.59 Å². The summed E-state index contributed by atoms with van der Waals surface area (Å²) in [4.78, 5) is 22.5. The van der Waals surface area contributed by atoms with Crippen molar-refractivity contribution in [2.45, 2.75) is 25.7 Å². The third-order valence-corrected chi connectivity index (χ3v) is 3.21. The SMILES string of the molecule is O=C(O)CC1CCC2CC=CC=C2C1=O. The van der Waals surface area contributed by atoms with Crippen molar-refractivity contribution >= 4 is 11.8 Å². The molecule has 2 rings (SSSR count). The molecule has 0 aromatic carbocycles. The number of hydrogen-bond donors (Lipinski definition) is 1. The van der Waals surface area contributed by atoms with Crippen LogP contribution in [0.2, 0.25) is 0 Å². The summed E-state index contributed by atoms with van der Waals surface area (Å²) in [5, 5.41) is 8.69. The Bertz CT molecular complexity index is 352. The van der Waals surface area contributed by atoms with Gasteiger partial charge < -0.3 is 5.11 Å². The highest BCUT2D eigenvalue weighted by atomic mass is 16.4. The molecule has 0 aromatic rings. The molecule has 0 aromatic heterocycles. The van der Waals surface area contributed by atoms with Crippen LogP contribution in [0.25, 0.3) is 0 Å². The highest BCUT2D eigenvalue weighted by Crippen LogP contribution is 2.36. The van der Waals surface area contributed by atoms with Gasteiger partial charge in [-0.3, -0.25) is 9.59 Å². The molecular formula is C12H14O3. The largest absolute Gasteiger partial charge is 0.481 e. The predicted molar refractivity (Wildman–Crippen MR) is 55.3 cm³/mol. The quantitative estimate of drug-likeness (QED) is 0.751. The minimum Gasteiger partial charge on any atom is -0.481 e. The summed E-state index contributed by atoms with van der Waals surface area (Å²) in [6.45, 7) is 0. The molecule has 15 heavy (non-hydrogen) atoms. The van der Waals surface area contributed by atoms with Crippen molar-refractivity contribution in [3.05, 3.63) is 23.8 Å². The average molecular weight is 206 g/mol. The molecule has 80 valence electrons.